The van der Waals surface area contributed by atoms with Gasteiger partial charge in [0.1, 0.15) is 17.4 Å². The highest BCUT2D eigenvalue weighted by Gasteiger charge is 2.31. The van der Waals surface area contributed by atoms with Gasteiger partial charge in [0, 0.05) is 50.0 Å². The molecule has 4 rings (SSSR count). The molecule has 0 saturated carbocycles. The van der Waals surface area contributed by atoms with Gasteiger partial charge in [-0.25, -0.2) is 9.37 Å². The molecule has 1 saturated heterocycles. The van der Waals surface area contributed by atoms with E-state index in [1.54, 1.807) is 0 Å². The maximum Gasteiger partial charge on any atom is 0.417 e. The molecule has 0 bridgehead atoms. The van der Waals surface area contributed by atoms with E-state index in [1.807, 2.05) is 4.90 Å². The second kappa shape index (κ2) is 7.56. The van der Waals surface area contributed by atoms with Gasteiger partial charge in [0.05, 0.1) is 12.2 Å². The number of benzene rings is 1. The largest absolute Gasteiger partial charge is 0.467 e. The zero-order valence-corrected chi connectivity index (χ0v) is 15.0. The van der Waals surface area contributed by atoms with E-state index >= 15 is 0 Å². The number of pyridine rings is 1. The van der Waals surface area contributed by atoms with Crippen LogP contribution in [0.5, 0.6) is 5.75 Å². The molecule has 1 aromatic carbocycles. The molecular weight excluding hydrogens is 378 g/mol. The molecule has 28 heavy (non-hydrogen) atoms. The molecule has 1 aromatic heterocycles. The van der Waals surface area contributed by atoms with E-state index < -0.39 is 11.7 Å². The molecule has 0 atom stereocenters. The molecule has 3 heterocycles. The molecule has 2 aliphatic heterocycles. The second-order valence-corrected chi connectivity index (χ2v) is 6.83. The van der Waals surface area contributed by atoms with Gasteiger partial charge in [0.2, 0.25) is 0 Å². The SMILES string of the molecule is Fc1cc2c(c(CN3CCN(c4ccc(C(F)(F)F)cn4)CC3)c1)OCOC2. The second-order valence-electron chi connectivity index (χ2n) is 6.83. The summed E-state index contributed by atoms with van der Waals surface area (Å²) >= 11 is 0. The highest BCUT2D eigenvalue weighted by atomic mass is 19.4. The van der Waals surface area contributed by atoms with Crippen molar-refractivity contribution < 1.29 is 27.0 Å². The predicted octanol–water partition coefficient (Wildman–Crippen LogP) is 3.43. The first-order chi connectivity index (χ1) is 13.4. The van der Waals surface area contributed by atoms with E-state index in [-0.39, 0.29) is 12.6 Å². The van der Waals surface area contributed by atoms with E-state index in [2.05, 4.69) is 9.88 Å². The number of fused-ring (bicyclic) bond motifs is 1. The van der Waals surface area contributed by atoms with Crippen molar-refractivity contribution in [3.8, 4) is 5.75 Å². The Kier molecular flexibility index (Phi) is 5.11. The van der Waals surface area contributed by atoms with Gasteiger partial charge < -0.3 is 14.4 Å². The van der Waals surface area contributed by atoms with Gasteiger partial charge in [-0.1, -0.05) is 0 Å². The zero-order chi connectivity index (χ0) is 19.7. The van der Waals surface area contributed by atoms with Gasteiger partial charge in [0.15, 0.2) is 6.79 Å². The summed E-state index contributed by atoms with van der Waals surface area (Å²) in [5.74, 6) is 0.881. The first-order valence-electron chi connectivity index (χ1n) is 8.92. The number of anilines is 1. The maximum atomic E-state index is 13.9. The molecule has 150 valence electrons. The van der Waals surface area contributed by atoms with Crippen molar-refractivity contribution in [1.29, 1.82) is 0 Å². The van der Waals surface area contributed by atoms with Gasteiger partial charge in [-0.3, -0.25) is 4.90 Å². The summed E-state index contributed by atoms with van der Waals surface area (Å²) in [4.78, 5) is 8.06. The van der Waals surface area contributed by atoms with Crippen LogP contribution in [-0.2, 0) is 24.1 Å². The molecule has 0 aliphatic carbocycles. The fraction of sp³-hybridized carbons (Fsp3) is 0.421. The lowest BCUT2D eigenvalue weighted by molar-refractivity contribution is -0.137. The van der Waals surface area contributed by atoms with Crippen LogP contribution in [0.3, 0.4) is 0 Å². The molecule has 0 spiro atoms. The lowest BCUT2D eigenvalue weighted by Gasteiger charge is -2.36. The van der Waals surface area contributed by atoms with Gasteiger partial charge in [-0.05, 0) is 24.3 Å². The summed E-state index contributed by atoms with van der Waals surface area (Å²) in [6.07, 6.45) is -3.53. The van der Waals surface area contributed by atoms with Crippen molar-refractivity contribution >= 4 is 5.82 Å². The summed E-state index contributed by atoms with van der Waals surface area (Å²) in [5.41, 5.74) is 0.725. The monoisotopic (exact) mass is 397 g/mol. The van der Waals surface area contributed by atoms with Crippen LogP contribution in [0.25, 0.3) is 0 Å². The average Bonchev–Trinajstić information content (AvgIpc) is 2.68. The minimum absolute atomic E-state index is 0.152. The minimum atomic E-state index is -4.39. The Hall–Kier alpha value is -2.39. The number of ether oxygens (including phenoxy) is 2. The third kappa shape index (κ3) is 4.05. The van der Waals surface area contributed by atoms with Crippen LogP contribution in [0.2, 0.25) is 0 Å². The van der Waals surface area contributed by atoms with Gasteiger partial charge in [0.25, 0.3) is 0 Å². The van der Waals surface area contributed by atoms with Gasteiger partial charge in [-0.2, -0.15) is 13.2 Å². The van der Waals surface area contributed by atoms with Crippen LogP contribution in [0.1, 0.15) is 16.7 Å². The number of rotatable bonds is 3. The fourth-order valence-corrected chi connectivity index (χ4v) is 3.49. The number of nitrogens with zero attached hydrogens (tertiary/aromatic N) is 3. The van der Waals surface area contributed by atoms with Crippen molar-refractivity contribution in [3.63, 3.8) is 0 Å². The van der Waals surface area contributed by atoms with Gasteiger partial charge in [-0.15, -0.1) is 0 Å². The lowest BCUT2D eigenvalue weighted by Crippen LogP contribution is -2.46. The summed E-state index contributed by atoms with van der Waals surface area (Å²) in [7, 11) is 0. The molecule has 0 radical (unpaired) electrons. The summed E-state index contributed by atoms with van der Waals surface area (Å²) < 4.78 is 62.6. The normalized spacial score (nSPS) is 17.9. The average molecular weight is 397 g/mol. The fourth-order valence-electron chi connectivity index (χ4n) is 3.49. The van der Waals surface area contributed by atoms with Crippen LogP contribution >= 0.6 is 0 Å². The van der Waals surface area contributed by atoms with Crippen molar-refractivity contribution in [3.05, 3.63) is 53.0 Å². The first kappa shape index (κ1) is 18.9. The Morgan fingerprint density at radius 3 is 2.54 bits per heavy atom. The Morgan fingerprint density at radius 2 is 1.86 bits per heavy atom. The number of alkyl halides is 3. The molecule has 2 aliphatic rings. The quantitative estimate of drug-likeness (QED) is 0.742. The molecule has 0 unspecified atom stereocenters. The Labute approximate surface area is 159 Å². The molecule has 2 aromatic rings. The standard InChI is InChI=1S/C19H19F4N3O2/c20-16-7-13(18-14(8-16)11-27-12-28-18)10-25-3-5-26(6-4-25)17-2-1-15(9-24-17)19(21,22)23/h1-2,7-9H,3-6,10-12H2. The third-order valence-electron chi connectivity index (χ3n) is 4.92. The number of hydrogen-bond acceptors (Lipinski definition) is 5. The number of piperazine rings is 1. The highest BCUT2D eigenvalue weighted by Crippen LogP contribution is 2.31. The molecule has 9 heteroatoms. The van der Waals surface area contributed by atoms with Crippen molar-refractivity contribution in [2.75, 3.05) is 37.9 Å². The zero-order valence-electron chi connectivity index (χ0n) is 15.0. The summed E-state index contributed by atoms with van der Waals surface area (Å²) in [6.45, 7) is 3.63. The Bertz CT molecular complexity index is 834. The predicted molar refractivity (Wildman–Crippen MR) is 93.4 cm³/mol. The number of aromatic nitrogens is 1. The van der Waals surface area contributed by atoms with Crippen LogP contribution in [0, 0.1) is 5.82 Å². The Morgan fingerprint density at radius 1 is 1.07 bits per heavy atom. The van der Waals surface area contributed by atoms with Crippen molar-refractivity contribution in [2.24, 2.45) is 0 Å². The van der Waals surface area contributed by atoms with E-state index in [9.17, 15) is 17.6 Å². The van der Waals surface area contributed by atoms with E-state index in [0.29, 0.717) is 56.5 Å². The van der Waals surface area contributed by atoms with E-state index in [0.717, 1.165) is 17.8 Å². The minimum Gasteiger partial charge on any atom is -0.467 e. The van der Waals surface area contributed by atoms with E-state index in [4.69, 9.17) is 9.47 Å². The topological polar surface area (TPSA) is 37.8 Å². The van der Waals surface area contributed by atoms with Crippen LogP contribution in [0.15, 0.2) is 30.5 Å². The summed E-state index contributed by atoms with van der Waals surface area (Å²) in [6, 6.07) is 5.35. The number of halogens is 4. The van der Waals surface area contributed by atoms with E-state index in [1.165, 1.54) is 18.2 Å². The first-order valence-corrected chi connectivity index (χ1v) is 8.92. The van der Waals surface area contributed by atoms with Crippen LogP contribution in [-0.4, -0.2) is 42.9 Å². The molecular formula is C19H19F4N3O2. The summed E-state index contributed by atoms with van der Waals surface area (Å²) in [5, 5.41) is 0. The molecule has 0 amide bonds. The maximum absolute atomic E-state index is 13.9. The Balaban J connectivity index is 1.39. The smallest absolute Gasteiger partial charge is 0.417 e. The van der Waals surface area contributed by atoms with Crippen LogP contribution in [0.4, 0.5) is 23.4 Å². The third-order valence-corrected chi connectivity index (χ3v) is 4.92. The lowest BCUT2D eigenvalue weighted by atomic mass is 10.1. The van der Waals surface area contributed by atoms with Crippen molar-refractivity contribution in [1.82, 2.24) is 9.88 Å². The molecule has 1 fully saturated rings. The van der Waals surface area contributed by atoms with Crippen LogP contribution < -0.4 is 9.64 Å². The van der Waals surface area contributed by atoms with Crippen molar-refractivity contribution in [2.45, 2.75) is 19.3 Å². The van der Waals surface area contributed by atoms with Gasteiger partial charge >= 0.3 is 6.18 Å². The highest BCUT2D eigenvalue weighted by molar-refractivity contribution is 5.43. The number of hydrogen-bond donors (Lipinski definition) is 0. The molecule has 5 nitrogen and oxygen atoms in total. The molecule has 0 N–H and O–H groups in total.